The maximum Gasteiger partial charge on any atom is 0.222 e. The van der Waals surface area contributed by atoms with Crippen molar-refractivity contribution in [1.29, 1.82) is 0 Å². The van der Waals surface area contributed by atoms with Crippen molar-refractivity contribution in [3.05, 3.63) is 36.5 Å². The third-order valence-electron chi connectivity index (χ3n) is 12.9. The van der Waals surface area contributed by atoms with Crippen molar-refractivity contribution in [3.8, 4) is 0 Å². The number of carbonyl (C=O) groups is 1. The van der Waals surface area contributed by atoms with Crippen LogP contribution in [-0.4, -0.2) is 46.1 Å². The van der Waals surface area contributed by atoms with Gasteiger partial charge in [-0.25, -0.2) is 0 Å². The van der Waals surface area contributed by atoms with Crippen molar-refractivity contribution < 1.29 is 20.1 Å². The van der Waals surface area contributed by atoms with Crippen LogP contribution in [0, 0.1) is 0 Å². The number of amides is 1. The predicted molar refractivity (Wildman–Crippen MR) is 273 cm³/mol. The number of hydrogen-bond acceptors (Lipinski definition) is 4. The Labute approximate surface area is 387 Å². The van der Waals surface area contributed by atoms with Crippen LogP contribution < -0.4 is 5.32 Å². The van der Waals surface area contributed by atoms with E-state index in [4.69, 9.17) is 0 Å². The van der Waals surface area contributed by atoms with Gasteiger partial charge in [0.15, 0.2) is 0 Å². The maximum absolute atomic E-state index is 12.5. The third kappa shape index (κ3) is 48.0. The molecule has 1 amide bonds. The molecule has 62 heavy (non-hydrogen) atoms. The Kier molecular flexibility index (Phi) is 51.0. The highest BCUT2D eigenvalue weighted by Crippen LogP contribution is 2.18. The summed E-state index contributed by atoms with van der Waals surface area (Å²) < 4.78 is 0. The molecule has 0 saturated heterocycles. The number of carbonyl (C=O) groups excluding carboxylic acids is 1. The second kappa shape index (κ2) is 52.2. The van der Waals surface area contributed by atoms with Crippen LogP contribution in [-0.2, 0) is 4.79 Å². The highest BCUT2D eigenvalue weighted by atomic mass is 16.3. The van der Waals surface area contributed by atoms with Gasteiger partial charge in [-0.15, -0.1) is 0 Å². The van der Waals surface area contributed by atoms with Crippen LogP contribution in [0.4, 0.5) is 0 Å². The van der Waals surface area contributed by atoms with Crippen LogP contribution in [0.1, 0.15) is 296 Å². The van der Waals surface area contributed by atoms with E-state index >= 15 is 0 Å². The number of nitrogens with one attached hydrogen (secondary N) is 1. The second-order valence-electron chi connectivity index (χ2n) is 19.2. The summed E-state index contributed by atoms with van der Waals surface area (Å²) in [4.78, 5) is 12.5. The lowest BCUT2D eigenvalue weighted by atomic mass is 10.0. The molecular weight excluding hydrogens is 763 g/mol. The van der Waals surface area contributed by atoms with Crippen LogP contribution in [0.15, 0.2) is 36.5 Å². The first kappa shape index (κ1) is 60.6. The van der Waals surface area contributed by atoms with Gasteiger partial charge >= 0.3 is 0 Å². The number of aliphatic hydroxyl groups excluding tert-OH is 3. The van der Waals surface area contributed by atoms with Gasteiger partial charge in [0.05, 0.1) is 31.3 Å². The SMILES string of the molecule is CCCC/C=C/CC/C=C/CC/C=C/C(O)C(CO)NC(=O)CC(O)CCCCCCCCCCCCCCCCCCCCCCCCCCCCCCCCCCCCC. The van der Waals surface area contributed by atoms with E-state index in [2.05, 4.69) is 43.5 Å². The fourth-order valence-corrected chi connectivity index (χ4v) is 8.66. The first-order valence-electron chi connectivity index (χ1n) is 27.8. The largest absolute Gasteiger partial charge is 0.394 e. The summed E-state index contributed by atoms with van der Waals surface area (Å²) in [5.74, 6) is -0.327. The van der Waals surface area contributed by atoms with Gasteiger partial charge in [-0.3, -0.25) is 4.79 Å². The molecule has 0 spiro atoms. The fraction of sp³-hybridized carbons (Fsp3) is 0.877. The second-order valence-corrected chi connectivity index (χ2v) is 19.2. The summed E-state index contributed by atoms with van der Waals surface area (Å²) >= 11 is 0. The average molecular weight is 873 g/mol. The molecule has 0 rings (SSSR count). The van der Waals surface area contributed by atoms with Gasteiger partial charge in [0.2, 0.25) is 5.91 Å². The predicted octanol–water partition coefficient (Wildman–Crippen LogP) is 17.1. The van der Waals surface area contributed by atoms with Gasteiger partial charge < -0.3 is 20.6 Å². The Hall–Kier alpha value is -1.43. The summed E-state index contributed by atoms with van der Waals surface area (Å²) in [5, 5.41) is 33.2. The molecule has 5 heteroatoms. The Morgan fingerprint density at radius 2 is 0.694 bits per heavy atom. The van der Waals surface area contributed by atoms with E-state index in [0.29, 0.717) is 6.42 Å². The van der Waals surface area contributed by atoms with Crippen molar-refractivity contribution >= 4 is 5.91 Å². The molecule has 0 aromatic rings. The van der Waals surface area contributed by atoms with E-state index < -0.39 is 18.2 Å². The zero-order valence-electron chi connectivity index (χ0n) is 41.8. The molecule has 5 nitrogen and oxygen atoms in total. The first-order valence-corrected chi connectivity index (χ1v) is 27.8. The van der Waals surface area contributed by atoms with E-state index in [1.165, 1.54) is 231 Å². The molecule has 0 aromatic heterocycles. The summed E-state index contributed by atoms with van der Waals surface area (Å²) in [6, 6.07) is -0.765. The summed E-state index contributed by atoms with van der Waals surface area (Å²) in [7, 11) is 0. The van der Waals surface area contributed by atoms with Gasteiger partial charge in [-0.1, -0.05) is 288 Å². The van der Waals surface area contributed by atoms with Crippen LogP contribution in [0.2, 0.25) is 0 Å². The molecule has 3 unspecified atom stereocenters. The quantitative estimate of drug-likeness (QED) is 0.0362. The molecule has 0 bridgehead atoms. The Bertz CT molecular complexity index is 962. The Morgan fingerprint density at radius 1 is 0.403 bits per heavy atom. The highest BCUT2D eigenvalue weighted by Gasteiger charge is 2.20. The van der Waals surface area contributed by atoms with Gasteiger partial charge in [-0.2, -0.15) is 0 Å². The van der Waals surface area contributed by atoms with Gasteiger partial charge in [0.25, 0.3) is 0 Å². The number of hydrogen-bond donors (Lipinski definition) is 4. The Balaban J connectivity index is 3.45. The molecule has 4 N–H and O–H groups in total. The third-order valence-corrected chi connectivity index (χ3v) is 12.9. The molecule has 0 radical (unpaired) electrons. The normalized spacial score (nSPS) is 13.6. The van der Waals surface area contributed by atoms with Crippen LogP contribution in [0.25, 0.3) is 0 Å². The first-order chi connectivity index (χ1) is 30.5. The molecule has 0 saturated carbocycles. The molecule has 0 aromatic carbocycles. The maximum atomic E-state index is 12.5. The molecule has 0 aliphatic heterocycles. The topological polar surface area (TPSA) is 89.8 Å². The average Bonchev–Trinajstić information content (AvgIpc) is 3.27. The smallest absolute Gasteiger partial charge is 0.222 e. The molecular formula is C57H109NO4. The zero-order valence-corrected chi connectivity index (χ0v) is 41.8. The van der Waals surface area contributed by atoms with Crippen LogP contribution in [0.5, 0.6) is 0 Å². The standard InChI is InChI=1S/C57H109NO4/c1-3-5-7-9-11-13-15-17-18-19-20-21-22-23-24-25-26-27-28-29-30-31-32-33-34-35-36-37-38-39-40-42-44-46-48-50-54(60)52-57(62)58-55(53-59)56(61)51-49-47-45-43-41-16-14-12-10-8-6-4-2/h10,12,41,43,49,51,54-56,59-61H,3-9,11,13-40,42,44-48,50,52-53H2,1-2H3,(H,58,62)/b12-10+,43-41+,51-49+. The van der Waals surface area contributed by atoms with Crippen molar-refractivity contribution in [2.45, 2.75) is 315 Å². The Morgan fingerprint density at radius 3 is 1.02 bits per heavy atom. The van der Waals surface area contributed by atoms with Crippen LogP contribution >= 0.6 is 0 Å². The fourth-order valence-electron chi connectivity index (χ4n) is 8.66. The molecule has 0 aliphatic rings. The lowest BCUT2D eigenvalue weighted by Crippen LogP contribution is -2.45. The van der Waals surface area contributed by atoms with Crippen molar-refractivity contribution in [2.24, 2.45) is 0 Å². The zero-order chi connectivity index (χ0) is 45.1. The van der Waals surface area contributed by atoms with E-state index in [1.807, 2.05) is 6.08 Å². The van der Waals surface area contributed by atoms with Crippen molar-refractivity contribution in [3.63, 3.8) is 0 Å². The molecule has 3 atom stereocenters. The lowest BCUT2D eigenvalue weighted by Gasteiger charge is -2.21. The van der Waals surface area contributed by atoms with E-state index in [-0.39, 0.29) is 18.9 Å². The summed E-state index contributed by atoms with van der Waals surface area (Å²) in [6.07, 6.45) is 67.9. The van der Waals surface area contributed by atoms with Gasteiger partial charge in [-0.05, 0) is 38.5 Å². The molecule has 366 valence electrons. The van der Waals surface area contributed by atoms with E-state index in [1.54, 1.807) is 6.08 Å². The van der Waals surface area contributed by atoms with Crippen LogP contribution in [0.3, 0.4) is 0 Å². The number of unbranched alkanes of at least 4 members (excludes halogenated alkanes) is 38. The van der Waals surface area contributed by atoms with Crippen molar-refractivity contribution in [1.82, 2.24) is 5.32 Å². The summed E-state index contributed by atoms with van der Waals surface area (Å²) in [5.41, 5.74) is 0. The lowest BCUT2D eigenvalue weighted by molar-refractivity contribution is -0.124. The highest BCUT2D eigenvalue weighted by molar-refractivity contribution is 5.76. The van der Waals surface area contributed by atoms with Gasteiger partial charge in [0, 0.05) is 0 Å². The minimum absolute atomic E-state index is 0.00515. The number of aliphatic hydroxyl groups is 3. The van der Waals surface area contributed by atoms with Crippen molar-refractivity contribution in [2.75, 3.05) is 6.61 Å². The molecule has 0 fully saturated rings. The molecule has 0 aliphatic carbocycles. The number of allylic oxidation sites excluding steroid dienone is 5. The molecule has 0 heterocycles. The number of rotatable bonds is 51. The minimum Gasteiger partial charge on any atom is -0.394 e. The van der Waals surface area contributed by atoms with E-state index in [9.17, 15) is 20.1 Å². The van der Waals surface area contributed by atoms with Gasteiger partial charge in [0.1, 0.15) is 0 Å². The monoisotopic (exact) mass is 872 g/mol. The minimum atomic E-state index is -0.957. The van der Waals surface area contributed by atoms with E-state index in [0.717, 1.165) is 38.5 Å². The summed E-state index contributed by atoms with van der Waals surface area (Å²) in [6.45, 7) is 4.17.